The summed E-state index contributed by atoms with van der Waals surface area (Å²) in [6, 6.07) is 6.85. The molecule has 0 N–H and O–H groups in total. The van der Waals surface area contributed by atoms with Crippen molar-refractivity contribution >= 4 is 11.6 Å². The normalized spacial score (nSPS) is 9.42. The highest BCUT2D eigenvalue weighted by molar-refractivity contribution is 6.31. The first-order valence-electron chi connectivity index (χ1n) is 3.48. The van der Waals surface area contributed by atoms with Crippen LogP contribution in [0.4, 0.5) is 4.39 Å². The van der Waals surface area contributed by atoms with Gasteiger partial charge in [-0.05, 0) is 17.2 Å². The second kappa shape index (κ2) is 4.08. The summed E-state index contributed by atoms with van der Waals surface area (Å²) >= 11 is 5.77. The van der Waals surface area contributed by atoms with Gasteiger partial charge in [0.25, 0.3) is 0 Å². The van der Waals surface area contributed by atoms with Crippen molar-refractivity contribution in [3.05, 3.63) is 34.3 Å². The lowest BCUT2D eigenvalue weighted by molar-refractivity contribution is 0.485. The molecule has 0 atom stereocenters. The standard InChI is InChI=1S/C9H7ClFN/c10-9-5-7(6-11)1-2-8(9)3-4-12/h1-2,5H,3,6H2. The Hall–Kier alpha value is -1.07. The third-order valence-electron chi connectivity index (χ3n) is 1.54. The van der Waals surface area contributed by atoms with E-state index in [2.05, 4.69) is 0 Å². The third-order valence-corrected chi connectivity index (χ3v) is 1.89. The zero-order valence-electron chi connectivity index (χ0n) is 6.35. The minimum atomic E-state index is -0.521. The fraction of sp³-hybridized carbons (Fsp3) is 0.222. The third kappa shape index (κ3) is 1.96. The molecule has 0 aliphatic rings. The number of nitriles is 1. The fourth-order valence-electron chi connectivity index (χ4n) is 0.902. The van der Waals surface area contributed by atoms with Crippen molar-refractivity contribution in [3.63, 3.8) is 0 Å². The average Bonchev–Trinajstić information content (AvgIpc) is 2.09. The van der Waals surface area contributed by atoms with Gasteiger partial charge in [0.05, 0.1) is 12.5 Å². The summed E-state index contributed by atoms with van der Waals surface area (Å²) in [4.78, 5) is 0. The molecule has 0 fully saturated rings. The molecule has 0 saturated heterocycles. The molecule has 0 saturated carbocycles. The van der Waals surface area contributed by atoms with Crippen molar-refractivity contribution < 1.29 is 4.39 Å². The number of hydrogen-bond acceptors (Lipinski definition) is 1. The highest BCUT2D eigenvalue weighted by atomic mass is 35.5. The van der Waals surface area contributed by atoms with Gasteiger partial charge in [-0.3, -0.25) is 0 Å². The molecule has 1 rings (SSSR count). The first kappa shape index (κ1) is 9.02. The van der Waals surface area contributed by atoms with Crippen LogP contribution in [-0.4, -0.2) is 0 Å². The van der Waals surface area contributed by atoms with E-state index in [9.17, 15) is 4.39 Å². The van der Waals surface area contributed by atoms with Crippen molar-refractivity contribution in [2.45, 2.75) is 13.1 Å². The van der Waals surface area contributed by atoms with Crippen molar-refractivity contribution in [1.82, 2.24) is 0 Å². The number of benzene rings is 1. The van der Waals surface area contributed by atoms with E-state index in [1.165, 1.54) is 0 Å². The molecule has 1 aromatic carbocycles. The van der Waals surface area contributed by atoms with Crippen LogP contribution in [0.25, 0.3) is 0 Å². The van der Waals surface area contributed by atoms with Crippen LogP contribution in [0.3, 0.4) is 0 Å². The predicted octanol–water partition coefficient (Wildman–Crippen LogP) is 2.88. The van der Waals surface area contributed by atoms with Gasteiger partial charge in [0.15, 0.2) is 0 Å². The second-order valence-electron chi connectivity index (χ2n) is 2.39. The Morgan fingerprint density at radius 2 is 2.25 bits per heavy atom. The van der Waals surface area contributed by atoms with Gasteiger partial charge < -0.3 is 0 Å². The Morgan fingerprint density at radius 3 is 2.75 bits per heavy atom. The minimum absolute atomic E-state index is 0.269. The Kier molecular flexibility index (Phi) is 3.07. The number of nitrogens with zero attached hydrogens (tertiary/aromatic N) is 1. The van der Waals surface area contributed by atoms with E-state index in [0.29, 0.717) is 10.6 Å². The van der Waals surface area contributed by atoms with E-state index in [1.54, 1.807) is 18.2 Å². The molecule has 0 aliphatic heterocycles. The SMILES string of the molecule is N#CCc1ccc(CF)cc1Cl. The summed E-state index contributed by atoms with van der Waals surface area (Å²) in [7, 11) is 0. The molecule has 0 aliphatic carbocycles. The Bertz CT molecular complexity index is 317. The quantitative estimate of drug-likeness (QED) is 0.692. The fourth-order valence-corrected chi connectivity index (χ4v) is 1.17. The zero-order valence-corrected chi connectivity index (χ0v) is 7.11. The van der Waals surface area contributed by atoms with Crippen molar-refractivity contribution in [2.75, 3.05) is 0 Å². The van der Waals surface area contributed by atoms with Crippen molar-refractivity contribution in [2.24, 2.45) is 0 Å². The first-order chi connectivity index (χ1) is 5.77. The lowest BCUT2D eigenvalue weighted by Gasteiger charge is -2.00. The molecule has 12 heavy (non-hydrogen) atoms. The van der Waals surface area contributed by atoms with Crippen LogP contribution < -0.4 is 0 Å². The molecule has 0 aromatic heterocycles. The molecule has 1 nitrogen and oxygen atoms in total. The van der Waals surface area contributed by atoms with Crippen molar-refractivity contribution in [3.8, 4) is 6.07 Å². The molecule has 0 heterocycles. The van der Waals surface area contributed by atoms with Gasteiger partial charge in [0, 0.05) is 5.02 Å². The molecule has 0 amide bonds. The minimum Gasteiger partial charge on any atom is -0.246 e. The van der Waals surface area contributed by atoms with Crippen LogP contribution in [0.5, 0.6) is 0 Å². The molecular formula is C9H7ClFN. The monoisotopic (exact) mass is 183 g/mol. The number of halogens is 2. The summed E-state index contributed by atoms with van der Waals surface area (Å²) in [6.07, 6.45) is 0.269. The van der Waals surface area contributed by atoms with Gasteiger partial charge in [-0.1, -0.05) is 23.7 Å². The number of rotatable bonds is 2. The summed E-state index contributed by atoms with van der Waals surface area (Å²) in [5.41, 5.74) is 1.29. The molecule has 3 heteroatoms. The average molecular weight is 184 g/mol. The van der Waals surface area contributed by atoms with Gasteiger partial charge in [0.2, 0.25) is 0 Å². The second-order valence-corrected chi connectivity index (χ2v) is 2.80. The van der Waals surface area contributed by atoms with E-state index in [-0.39, 0.29) is 6.42 Å². The molecule has 0 bridgehead atoms. The van der Waals surface area contributed by atoms with Gasteiger partial charge >= 0.3 is 0 Å². The van der Waals surface area contributed by atoms with E-state index >= 15 is 0 Å². The highest BCUT2D eigenvalue weighted by Crippen LogP contribution is 2.18. The Balaban J connectivity index is 2.97. The van der Waals surface area contributed by atoms with E-state index in [0.717, 1.165) is 5.56 Å². The molecular weight excluding hydrogens is 177 g/mol. The van der Waals surface area contributed by atoms with Crippen LogP contribution in [0, 0.1) is 11.3 Å². The highest BCUT2D eigenvalue weighted by Gasteiger charge is 2.00. The largest absolute Gasteiger partial charge is 0.246 e. The van der Waals surface area contributed by atoms with Crippen LogP contribution in [0.2, 0.25) is 5.02 Å². The molecule has 0 spiro atoms. The van der Waals surface area contributed by atoms with Crippen LogP contribution in [0.1, 0.15) is 11.1 Å². The van der Waals surface area contributed by atoms with Gasteiger partial charge in [-0.15, -0.1) is 0 Å². The first-order valence-corrected chi connectivity index (χ1v) is 3.86. The lowest BCUT2D eigenvalue weighted by atomic mass is 10.1. The maximum absolute atomic E-state index is 12.1. The van der Waals surface area contributed by atoms with E-state index in [4.69, 9.17) is 16.9 Å². The van der Waals surface area contributed by atoms with Crippen LogP contribution >= 0.6 is 11.6 Å². The van der Waals surface area contributed by atoms with E-state index in [1.807, 2.05) is 6.07 Å². The number of hydrogen-bond donors (Lipinski definition) is 0. The zero-order chi connectivity index (χ0) is 8.97. The predicted molar refractivity (Wildman–Crippen MR) is 45.6 cm³/mol. The summed E-state index contributed by atoms with van der Waals surface area (Å²) in [6.45, 7) is -0.521. The van der Waals surface area contributed by atoms with Crippen molar-refractivity contribution in [1.29, 1.82) is 5.26 Å². The van der Waals surface area contributed by atoms with Gasteiger partial charge in [-0.2, -0.15) is 5.26 Å². The number of alkyl halides is 1. The topological polar surface area (TPSA) is 23.8 Å². The Labute approximate surface area is 75.4 Å². The Morgan fingerprint density at radius 1 is 1.50 bits per heavy atom. The molecule has 62 valence electrons. The molecule has 0 unspecified atom stereocenters. The lowest BCUT2D eigenvalue weighted by Crippen LogP contribution is -1.85. The van der Waals surface area contributed by atoms with Gasteiger partial charge in [-0.25, -0.2) is 4.39 Å². The van der Waals surface area contributed by atoms with Gasteiger partial charge in [0.1, 0.15) is 6.67 Å². The van der Waals surface area contributed by atoms with Crippen LogP contribution in [-0.2, 0) is 13.1 Å². The maximum Gasteiger partial charge on any atom is 0.115 e. The maximum atomic E-state index is 12.1. The molecule has 1 aromatic rings. The van der Waals surface area contributed by atoms with E-state index < -0.39 is 6.67 Å². The summed E-state index contributed by atoms with van der Waals surface area (Å²) in [5.74, 6) is 0. The summed E-state index contributed by atoms with van der Waals surface area (Å²) in [5, 5.41) is 8.85. The smallest absolute Gasteiger partial charge is 0.115 e. The van der Waals surface area contributed by atoms with Crippen LogP contribution in [0.15, 0.2) is 18.2 Å². The summed E-state index contributed by atoms with van der Waals surface area (Å²) < 4.78 is 12.1. The molecule has 0 radical (unpaired) electrons.